The number of carbonyl (C=O) groups excluding carboxylic acids is 3. The minimum Gasteiger partial charge on any atom is -0.481 e. The lowest BCUT2D eigenvalue weighted by Gasteiger charge is -2.07. The standard InChI is InChI=1S/2C8H14O4/c1-3-7(2)8(10)12-5-4-11-6-9;1-3-6(2)8(11)12-5-4-7(9)10/h6-7H,3-5H2,1-2H3;6H,3-5H2,1-2H3,(H,9,10). The molecular formula is C16H28O8. The van der Waals surface area contributed by atoms with E-state index < -0.39 is 5.97 Å². The molecule has 0 aliphatic rings. The van der Waals surface area contributed by atoms with E-state index in [0.29, 0.717) is 12.9 Å². The molecule has 0 amide bonds. The van der Waals surface area contributed by atoms with Crippen LogP contribution in [0, 0.1) is 11.8 Å². The van der Waals surface area contributed by atoms with Crippen molar-refractivity contribution >= 4 is 24.4 Å². The third-order valence-electron chi connectivity index (χ3n) is 3.10. The predicted molar refractivity (Wildman–Crippen MR) is 85.1 cm³/mol. The number of esters is 2. The van der Waals surface area contributed by atoms with E-state index in [1.54, 1.807) is 13.8 Å². The molecule has 0 saturated carbocycles. The van der Waals surface area contributed by atoms with Crippen LogP contribution in [0.1, 0.15) is 47.0 Å². The van der Waals surface area contributed by atoms with Gasteiger partial charge in [0.15, 0.2) is 0 Å². The van der Waals surface area contributed by atoms with Crippen LogP contribution in [0.4, 0.5) is 0 Å². The highest BCUT2D eigenvalue weighted by Gasteiger charge is 2.12. The summed E-state index contributed by atoms with van der Waals surface area (Å²) in [5, 5.41) is 8.23. The minimum absolute atomic E-state index is 0.0293. The highest BCUT2D eigenvalue weighted by Crippen LogP contribution is 2.03. The van der Waals surface area contributed by atoms with Crippen molar-refractivity contribution in [2.45, 2.75) is 47.0 Å². The molecule has 2 atom stereocenters. The molecule has 8 nitrogen and oxygen atoms in total. The average Bonchev–Trinajstić information content (AvgIpc) is 2.57. The van der Waals surface area contributed by atoms with Gasteiger partial charge in [0.05, 0.1) is 18.3 Å². The van der Waals surface area contributed by atoms with Crippen LogP contribution >= 0.6 is 0 Å². The SMILES string of the molecule is CCC(C)C(=O)OCCC(=O)O.CCC(C)C(=O)OCCOC=O. The fourth-order valence-corrected chi connectivity index (χ4v) is 1.10. The fourth-order valence-electron chi connectivity index (χ4n) is 1.10. The first kappa shape index (κ1) is 24.1. The van der Waals surface area contributed by atoms with E-state index in [9.17, 15) is 19.2 Å². The van der Waals surface area contributed by atoms with Crippen LogP contribution < -0.4 is 0 Å². The number of hydrogen-bond acceptors (Lipinski definition) is 7. The molecule has 0 rings (SSSR count). The maximum absolute atomic E-state index is 11.0. The zero-order valence-corrected chi connectivity index (χ0v) is 14.8. The number of carboxylic acids is 1. The third-order valence-corrected chi connectivity index (χ3v) is 3.10. The lowest BCUT2D eigenvalue weighted by molar-refractivity contribution is -0.151. The first-order valence-electron chi connectivity index (χ1n) is 7.90. The second-order valence-corrected chi connectivity index (χ2v) is 5.06. The third kappa shape index (κ3) is 14.8. The summed E-state index contributed by atoms with van der Waals surface area (Å²) in [4.78, 5) is 41.6. The molecule has 0 aliphatic heterocycles. The Morgan fingerprint density at radius 2 is 1.38 bits per heavy atom. The van der Waals surface area contributed by atoms with Gasteiger partial charge in [0.2, 0.25) is 0 Å². The van der Waals surface area contributed by atoms with Crippen LogP contribution in [0.5, 0.6) is 0 Å². The largest absolute Gasteiger partial charge is 0.481 e. The van der Waals surface area contributed by atoms with Crippen LogP contribution in [0.25, 0.3) is 0 Å². The van der Waals surface area contributed by atoms with E-state index in [-0.39, 0.29) is 50.0 Å². The number of carboxylic acid groups (broad SMARTS) is 1. The van der Waals surface area contributed by atoms with Crippen LogP contribution in [0.3, 0.4) is 0 Å². The van der Waals surface area contributed by atoms with E-state index in [2.05, 4.69) is 9.47 Å². The van der Waals surface area contributed by atoms with Crippen molar-refractivity contribution < 1.29 is 38.5 Å². The molecule has 0 aromatic rings. The van der Waals surface area contributed by atoms with Gasteiger partial charge in [-0.2, -0.15) is 0 Å². The lowest BCUT2D eigenvalue weighted by atomic mass is 10.1. The van der Waals surface area contributed by atoms with Crippen molar-refractivity contribution in [2.24, 2.45) is 11.8 Å². The van der Waals surface area contributed by atoms with E-state index in [0.717, 1.165) is 6.42 Å². The molecule has 0 aliphatic carbocycles. The Bertz CT molecular complexity index is 380. The van der Waals surface area contributed by atoms with Crippen molar-refractivity contribution in [2.75, 3.05) is 19.8 Å². The predicted octanol–water partition coefficient (Wildman–Crippen LogP) is 1.80. The van der Waals surface area contributed by atoms with Gasteiger partial charge in [-0.05, 0) is 12.8 Å². The molecule has 0 saturated heterocycles. The van der Waals surface area contributed by atoms with Crippen molar-refractivity contribution in [3.8, 4) is 0 Å². The summed E-state index contributed by atoms with van der Waals surface area (Å²) >= 11 is 0. The Labute approximate surface area is 142 Å². The molecule has 0 heterocycles. The molecule has 0 bridgehead atoms. The van der Waals surface area contributed by atoms with Gasteiger partial charge in [-0.3, -0.25) is 19.2 Å². The lowest BCUT2D eigenvalue weighted by Crippen LogP contribution is -2.16. The summed E-state index contributed by atoms with van der Waals surface area (Å²) < 4.78 is 13.8. The Balaban J connectivity index is 0. The highest BCUT2D eigenvalue weighted by atomic mass is 16.6. The van der Waals surface area contributed by atoms with E-state index in [1.807, 2.05) is 13.8 Å². The van der Waals surface area contributed by atoms with E-state index >= 15 is 0 Å². The molecule has 24 heavy (non-hydrogen) atoms. The number of rotatable bonds is 11. The summed E-state index contributed by atoms with van der Waals surface area (Å²) in [6.45, 7) is 7.91. The monoisotopic (exact) mass is 348 g/mol. The van der Waals surface area contributed by atoms with Gasteiger partial charge < -0.3 is 19.3 Å². The van der Waals surface area contributed by atoms with Crippen LogP contribution in [0.15, 0.2) is 0 Å². The molecule has 1 N–H and O–H groups in total. The number of ether oxygens (including phenoxy) is 3. The maximum Gasteiger partial charge on any atom is 0.308 e. The summed E-state index contributed by atoms with van der Waals surface area (Å²) in [6, 6.07) is 0. The second kappa shape index (κ2) is 15.8. The van der Waals surface area contributed by atoms with Gasteiger partial charge in [0, 0.05) is 0 Å². The summed E-state index contributed by atoms with van der Waals surface area (Å²) in [7, 11) is 0. The van der Waals surface area contributed by atoms with Gasteiger partial charge in [-0.15, -0.1) is 0 Å². The zero-order valence-electron chi connectivity index (χ0n) is 14.8. The molecule has 0 aromatic heterocycles. The van der Waals surface area contributed by atoms with Crippen molar-refractivity contribution in [1.82, 2.24) is 0 Å². The first-order valence-corrected chi connectivity index (χ1v) is 7.90. The van der Waals surface area contributed by atoms with Gasteiger partial charge in [0.1, 0.15) is 19.8 Å². The quantitative estimate of drug-likeness (QED) is 0.260. The van der Waals surface area contributed by atoms with E-state index in [1.165, 1.54) is 0 Å². The number of hydrogen-bond donors (Lipinski definition) is 1. The van der Waals surface area contributed by atoms with Crippen molar-refractivity contribution in [3.63, 3.8) is 0 Å². The highest BCUT2D eigenvalue weighted by molar-refractivity contribution is 5.73. The molecule has 0 radical (unpaired) electrons. The summed E-state index contributed by atoms with van der Waals surface area (Å²) in [6.07, 6.45) is 1.35. The molecule has 8 heteroatoms. The normalized spacial score (nSPS) is 12.0. The first-order chi connectivity index (χ1) is 11.3. The zero-order chi connectivity index (χ0) is 19.0. The Morgan fingerprint density at radius 1 is 0.917 bits per heavy atom. The van der Waals surface area contributed by atoms with Crippen LogP contribution in [-0.4, -0.2) is 49.3 Å². The second-order valence-electron chi connectivity index (χ2n) is 5.06. The molecule has 140 valence electrons. The van der Waals surface area contributed by atoms with Gasteiger partial charge >= 0.3 is 17.9 Å². The van der Waals surface area contributed by atoms with Crippen molar-refractivity contribution in [1.29, 1.82) is 0 Å². The Kier molecular flexibility index (Phi) is 15.9. The molecule has 0 fully saturated rings. The van der Waals surface area contributed by atoms with Crippen LogP contribution in [0.2, 0.25) is 0 Å². The molecule has 2 unspecified atom stereocenters. The number of carbonyl (C=O) groups is 4. The topological polar surface area (TPSA) is 116 Å². The molecular weight excluding hydrogens is 320 g/mol. The van der Waals surface area contributed by atoms with E-state index in [4.69, 9.17) is 9.84 Å². The summed E-state index contributed by atoms with van der Waals surface area (Å²) in [5.74, 6) is -1.74. The number of aliphatic carboxylic acids is 1. The fraction of sp³-hybridized carbons (Fsp3) is 0.750. The Morgan fingerprint density at radius 3 is 1.75 bits per heavy atom. The molecule has 0 aromatic carbocycles. The van der Waals surface area contributed by atoms with Crippen molar-refractivity contribution in [3.05, 3.63) is 0 Å². The van der Waals surface area contributed by atoms with Crippen LogP contribution in [-0.2, 0) is 33.4 Å². The van der Waals surface area contributed by atoms with Gasteiger partial charge in [-0.25, -0.2) is 0 Å². The molecule has 0 spiro atoms. The van der Waals surface area contributed by atoms with Gasteiger partial charge in [0.25, 0.3) is 6.47 Å². The average molecular weight is 348 g/mol. The van der Waals surface area contributed by atoms with Gasteiger partial charge in [-0.1, -0.05) is 27.7 Å². The Hall–Kier alpha value is -2.12. The minimum atomic E-state index is -0.952. The summed E-state index contributed by atoms with van der Waals surface area (Å²) in [5.41, 5.74) is 0. The maximum atomic E-state index is 11.0. The smallest absolute Gasteiger partial charge is 0.308 e.